The number of para-hydroxylation sites is 1. The summed E-state index contributed by atoms with van der Waals surface area (Å²) < 4.78 is 6.96. The summed E-state index contributed by atoms with van der Waals surface area (Å²) in [7, 11) is 0. The lowest BCUT2D eigenvalue weighted by molar-refractivity contribution is -0.121. The molecule has 1 aromatic carbocycles. The van der Waals surface area contributed by atoms with Gasteiger partial charge in [-0.3, -0.25) is 4.79 Å². The number of nitrogens with zero attached hydrogens (tertiary/aromatic N) is 4. The van der Waals surface area contributed by atoms with Gasteiger partial charge in [-0.2, -0.15) is 10.1 Å². The third kappa shape index (κ3) is 4.12. The molecule has 3 rings (SSSR count). The molecule has 7 nitrogen and oxygen atoms in total. The van der Waals surface area contributed by atoms with Gasteiger partial charge >= 0.3 is 0 Å². The molecule has 0 aliphatic rings. The lowest BCUT2D eigenvalue weighted by Crippen LogP contribution is -2.33. The Hall–Kier alpha value is -2.96. The number of carbonyl (C=O) groups is 1. The van der Waals surface area contributed by atoms with E-state index in [0.29, 0.717) is 11.7 Å². The quantitative estimate of drug-likeness (QED) is 0.746. The van der Waals surface area contributed by atoms with Crippen LogP contribution in [0.2, 0.25) is 0 Å². The van der Waals surface area contributed by atoms with Crippen LogP contribution in [-0.2, 0) is 11.2 Å². The zero-order valence-electron chi connectivity index (χ0n) is 14.5. The molecule has 0 spiro atoms. The fraction of sp³-hybridized carbons (Fsp3) is 0.333. The molecule has 130 valence electrons. The second-order valence-electron chi connectivity index (χ2n) is 6.27. The zero-order chi connectivity index (χ0) is 17.8. The molecule has 25 heavy (non-hydrogen) atoms. The van der Waals surface area contributed by atoms with E-state index in [1.165, 1.54) is 0 Å². The normalized spacial score (nSPS) is 12.3. The summed E-state index contributed by atoms with van der Waals surface area (Å²) >= 11 is 0. The summed E-state index contributed by atoms with van der Waals surface area (Å²) in [5.74, 6) is 1.01. The maximum absolute atomic E-state index is 12.4. The first-order chi connectivity index (χ1) is 12.0. The Bertz CT molecular complexity index is 838. The second kappa shape index (κ2) is 7.29. The Morgan fingerprint density at radius 3 is 2.68 bits per heavy atom. The molecule has 7 heteroatoms. The number of nitrogens with one attached hydrogen (secondary N) is 1. The van der Waals surface area contributed by atoms with Crippen LogP contribution >= 0.6 is 0 Å². The molecule has 1 atom stereocenters. The van der Waals surface area contributed by atoms with Crippen LogP contribution in [0.5, 0.6) is 0 Å². The number of rotatable bonds is 6. The standard InChI is InChI=1S/C18H21N5O2/c1-12(2)17(18-20-13(3)22-25-18)21-16(24)9-14-10-19-23(11-14)15-7-5-4-6-8-15/h4-8,10-12,17H,9H2,1-3H3,(H,21,24). The minimum absolute atomic E-state index is 0.109. The van der Waals surface area contributed by atoms with Crippen LogP contribution in [-0.4, -0.2) is 25.8 Å². The van der Waals surface area contributed by atoms with E-state index in [1.807, 2.05) is 50.4 Å². The van der Waals surface area contributed by atoms with E-state index < -0.39 is 0 Å². The van der Waals surface area contributed by atoms with Crippen molar-refractivity contribution in [3.63, 3.8) is 0 Å². The summed E-state index contributed by atoms with van der Waals surface area (Å²) in [5.41, 5.74) is 1.79. The fourth-order valence-corrected chi connectivity index (χ4v) is 2.54. The number of hydrogen-bond donors (Lipinski definition) is 1. The first-order valence-electron chi connectivity index (χ1n) is 8.21. The highest BCUT2D eigenvalue weighted by Crippen LogP contribution is 2.20. The van der Waals surface area contributed by atoms with E-state index in [-0.39, 0.29) is 24.3 Å². The van der Waals surface area contributed by atoms with Crippen molar-refractivity contribution in [1.82, 2.24) is 25.2 Å². The number of amides is 1. The van der Waals surface area contributed by atoms with Crippen LogP contribution in [0.4, 0.5) is 0 Å². The van der Waals surface area contributed by atoms with E-state index >= 15 is 0 Å². The van der Waals surface area contributed by atoms with Gasteiger partial charge in [0.05, 0.1) is 18.3 Å². The fourth-order valence-electron chi connectivity index (χ4n) is 2.54. The highest BCUT2D eigenvalue weighted by molar-refractivity contribution is 5.78. The minimum Gasteiger partial charge on any atom is -0.344 e. The predicted molar refractivity (Wildman–Crippen MR) is 92.0 cm³/mol. The molecule has 3 aromatic rings. The van der Waals surface area contributed by atoms with Gasteiger partial charge in [0, 0.05) is 6.20 Å². The van der Waals surface area contributed by atoms with E-state index in [1.54, 1.807) is 17.8 Å². The van der Waals surface area contributed by atoms with Crippen LogP contribution in [0.3, 0.4) is 0 Å². The maximum atomic E-state index is 12.4. The highest BCUT2D eigenvalue weighted by Gasteiger charge is 2.24. The highest BCUT2D eigenvalue weighted by atomic mass is 16.5. The van der Waals surface area contributed by atoms with Crippen molar-refractivity contribution in [2.45, 2.75) is 33.2 Å². The number of aryl methyl sites for hydroxylation is 1. The molecule has 2 heterocycles. The van der Waals surface area contributed by atoms with Gasteiger partial charge in [-0.25, -0.2) is 4.68 Å². The topological polar surface area (TPSA) is 85.8 Å². The zero-order valence-corrected chi connectivity index (χ0v) is 14.5. The third-order valence-corrected chi connectivity index (χ3v) is 3.81. The van der Waals surface area contributed by atoms with E-state index in [0.717, 1.165) is 11.3 Å². The van der Waals surface area contributed by atoms with Gasteiger partial charge in [-0.15, -0.1) is 0 Å². The van der Waals surface area contributed by atoms with Crippen molar-refractivity contribution in [3.8, 4) is 5.69 Å². The molecule has 2 aromatic heterocycles. The Kier molecular flexibility index (Phi) is 4.92. The van der Waals surface area contributed by atoms with Crippen molar-refractivity contribution >= 4 is 5.91 Å². The van der Waals surface area contributed by atoms with Crippen LogP contribution in [0.15, 0.2) is 47.2 Å². The van der Waals surface area contributed by atoms with Gasteiger partial charge < -0.3 is 9.84 Å². The molecule has 0 radical (unpaired) electrons. The average molecular weight is 339 g/mol. The van der Waals surface area contributed by atoms with Gasteiger partial charge in [-0.1, -0.05) is 37.2 Å². The molecule has 0 bridgehead atoms. The van der Waals surface area contributed by atoms with Crippen molar-refractivity contribution in [2.24, 2.45) is 5.92 Å². The predicted octanol–water partition coefficient (Wildman–Crippen LogP) is 2.62. The van der Waals surface area contributed by atoms with E-state index in [2.05, 4.69) is 20.6 Å². The Labute approximate surface area is 146 Å². The maximum Gasteiger partial charge on any atom is 0.249 e. The van der Waals surface area contributed by atoms with Crippen molar-refractivity contribution < 1.29 is 9.32 Å². The Morgan fingerprint density at radius 1 is 1.28 bits per heavy atom. The van der Waals surface area contributed by atoms with Crippen LogP contribution in [0.25, 0.3) is 5.69 Å². The third-order valence-electron chi connectivity index (χ3n) is 3.81. The Morgan fingerprint density at radius 2 is 2.04 bits per heavy atom. The number of benzene rings is 1. The summed E-state index contributed by atoms with van der Waals surface area (Å²) in [6.07, 6.45) is 3.80. The SMILES string of the molecule is Cc1noc(C(NC(=O)Cc2cnn(-c3ccccc3)c2)C(C)C)n1. The molecule has 1 N–H and O–H groups in total. The van der Waals surface area contributed by atoms with Crippen LogP contribution in [0.1, 0.15) is 37.2 Å². The smallest absolute Gasteiger partial charge is 0.249 e. The molecule has 0 aliphatic heterocycles. The van der Waals surface area contributed by atoms with Crippen molar-refractivity contribution in [3.05, 3.63) is 60.0 Å². The molecule has 1 unspecified atom stereocenters. The van der Waals surface area contributed by atoms with Crippen LogP contribution in [0, 0.1) is 12.8 Å². The molecular formula is C18H21N5O2. The second-order valence-corrected chi connectivity index (χ2v) is 6.27. The van der Waals surface area contributed by atoms with Crippen molar-refractivity contribution in [2.75, 3.05) is 0 Å². The summed E-state index contributed by atoms with van der Waals surface area (Å²) in [5, 5.41) is 11.1. The lowest BCUT2D eigenvalue weighted by atomic mass is 10.0. The summed E-state index contributed by atoms with van der Waals surface area (Å²) in [4.78, 5) is 16.6. The van der Waals surface area contributed by atoms with Crippen molar-refractivity contribution in [1.29, 1.82) is 0 Å². The minimum atomic E-state index is -0.308. The first kappa shape index (κ1) is 16.9. The largest absolute Gasteiger partial charge is 0.344 e. The summed E-state index contributed by atoms with van der Waals surface area (Å²) in [6.45, 7) is 5.75. The number of hydrogen-bond acceptors (Lipinski definition) is 5. The van der Waals surface area contributed by atoms with E-state index in [9.17, 15) is 4.79 Å². The van der Waals surface area contributed by atoms with Gasteiger partial charge in [0.1, 0.15) is 6.04 Å². The van der Waals surface area contributed by atoms with E-state index in [4.69, 9.17) is 4.52 Å². The molecule has 0 saturated heterocycles. The lowest BCUT2D eigenvalue weighted by Gasteiger charge is -2.18. The average Bonchev–Trinajstić information content (AvgIpc) is 3.22. The number of aromatic nitrogens is 4. The van der Waals surface area contributed by atoms with Gasteiger partial charge in [0.2, 0.25) is 11.8 Å². The molecular weight excluding hydrogens is 318 g/mol. The molecule has 0 fully saturated rings. The van der Waals surface area contributed by atoms with Crippen LogP contribution < -0.4 is 5.32 Å². The molecule has 0 saturated carbocycles. The Balaban J connectivity index is 1.67. The first-order valence-corrected chi connectivity index (χ1v) is 8.21. The van der Waals surface area contributed by atoms with Gasteiger partial charge in [-0.05, 0) is 30.5 Å². The summed E-state index contributed by atoms with van der Waals surface area (Å²) in [6, 6.07) is 9.46. The van der Waals surface area contributed by atoms with Gasteiger partial charge in [0.15, 0.2) is 5.82 Å². The van der Waals surface area contributed by atoms with Gasteiger partial charge in [0.25, 0.3) is 0 Å². The number of carbonyl (C=O) groups excluding carboxylic acids is 1. The molecule has 0 aliphatic carbocycles. The molecule has 1 amide bonds. The monoisotopic (exact) mass is 339 g/mol.